The van der Waals surface area contributed by atoms with Gasteiger partial charge in [-0.25, -0.2) is 5.48 Å². The number of carbonyl (C=O) groups excluding carboxylic acids is 2. The van der Waals surface area contributed by atoms with Crippen LogP contribution in [-0.4, -0.2) is 28.7 Å². The summed E-state index contributed by atoms with van der Waals surface area (Å²) >= 11 is 6.10. The number of carbonyl (C=O) groups is 2. The number of ether oxygens (including phenoxy) is 2. The molecule has 3 aromatic rings. The quantitative estimate of drug-likeness (QED) is 0.289. The van der Waals surface area contributed by atoms with Crippen molar-refractivity contribution in [2.24, 2.45) is 11.3 Å². The van der Waals surface area contributed by atoms with E-state index in [2.05, 4.69) is 4.98 Å². The summed E-state index contributed by atoms with van der Waals surface area (Å²) in [6.07, 6.45) is 0.689. The van der Waals surface area contributed by atoms with E-state index in [1.807, 2.05) is 55.5 Å². The van der Waals surface area contributed by atoms with E-state index in [9.17, 15) is 9.59 Å². The van der Waals surface area contributed by atoms with Crippen LogP contribution >= 0.6 is 11.6 Å². The third-order valence-corrected chi connectivity index (χ3v) is 6.24. The van der Waals surface area contributed by atoms with Gasteiger partial charge in [0.05, 0.1) is 23.5 Å². The smallest absolute Gasteiger partial charge is 0.313 e. The predicted octanol–water partition coefficient (Wildman–Crippen LogP) is 4.39. The molecule has 1 fully saturated rings. The number of hydroxylamine groups is 1. The Bertz CT molecular complexity index is 1190. The van der Waals surface area contributed by atoms with Crippen LogP contribution in [0.4, 0.5) is 0 Å². The minimum atomic E-state index is -0.944. The number of hydrogen-bond donors (Lipinski definition) is 2. The first-order chi connectivity index (χ1) is 15.9. The fourth-order valence-electron chi connectivity index (χ4n) is 4.26. The van der Waals surface area contributed by atoms with Crippen molar-refractivity contribution in [1.29, 1.82) is 0 Å². The molecule has 0 spiro atoms. The Balaban J connectivity index is 1.46. The maximum atomic E-state index is 12.5. The van der Waals surface area contributed by atoms with Crippen molar-refractivity contribution in [3.05, 3.63) is 70.4 Å². The van der Waals surface area contributed by atoms with Crippen LogP contribution in [0, 0.1) is 18.3 Å². The van der Waals surface area contributed by atoms with E-state index in [1.54, 1.807) is 12.4 Å². The molecule has 2 unspecified atom stereocenters. The van der Waals surface area contributed by atoms with Gasteiger partial charge in [-0.15, -0.1) is 0 Å². The van der Waals surface area contributed by atoms with Crippen LogP contribution in [0.1, 0.15) is 30.2 Å². The van der Waals surface area contributed by atoms with E-state index in [-0.39, 0.29) is 6.61 Å². The second kappa shape index (κ2) is 9.37. The van der Waals surface area contributed by atoms with E-state index in [1.165, 1.54) is 0 Å². The van der Waals surface area contributed by atoms with Crippen LogP contribution in [0.3, 0.4) is 0 Å². The van der Waals surface area contributed by atoms with Gasteiger partial charge in [0.1, 0.15) is 12.4 Å². The normalized spacial score (nSPS) is 19.2. The topological polar surface area (TPSA) is 97.8 Å². The fraction of sp³-hybridized carbons (Fsp3) is 0.320. The molecular weight excluding hydrogens is 444 g/mol. The van der Waals surface area contributed by atoms with Gasteiger partial charge < -0.3 is 9.47 Å². The van der Waals surface area contributed by atoms with Crippen molar-refractivity contribution >= 4 is 34.4 Å². The number of aromatic nitrogens is 1. The monoisotopic (exact) mass is 468 g/mol. The van der Waals surface area contributed by atoms with Gasteiger partial charge in [0.2, 0.25) is 5.91 Å². The maximum Gasteiger partial charge on any atom is 0.313 e. The van der Waals surface area contributed by atoms with Crippen LogP contribution in [-0.2, 0) is 27.4 Å². The first kappa shape index (κ1) is 23.0. The van der Waals surface area contributed by atoms with E-state index >= 15 is 0 Å². The van der Waals surface area contributed by atoms with Gasteiger partial charge in [0, 0.05) is 21.7 Å². The molecule has 1 aromatic heterocycles. The van der Waals surface area contributed by atoms with Crippen molar-refractivity contribution < 1.29 is 24.3 Å². The molecule has 4 rings (SSSR count). The highest BCUT2D eigenvalue weighted by Crippen LogP contribution is 2.56. The lowest BCUT2D eigenvalue weighted by molar-refractivity contribution is -0.152. The van der Waals surface area contributed by atoms with Gasteiger partial charge in [0.25, 0.3) is 0 Å². The zero-order chi connectivity index (χ0) is 23.6. The number of rotatable bonds is 8. The standard InChI is InChI=1S/C25H25ClN2O5/c1-3-32-24(30)25(13-21(25)23(29)28-31)12-16-4-7-19(8-5-16)33-14-17-10-15(2)27-22-11-18(26)6-9-20(17)22/h4-11,21,31H,3,12-14H2,1-2H3,(H,28,29). The van der Waals surface area contributed by atoms with Gasteiger partial charge in [-0.3, -0.25) is 19.8 Å². The summed E-state index contributed by atoms with van der Waals surface area (Å²) < 4.78 is 11.2. The maximum absolute atomic E-state index is 12.5. The number of fused-ring (bicyclic) bond motifs is 1. The molecule has 1 heterocycles. The number of halogens is 1. The Hall–Kier alpha value is -3.16. The molecule has 7 nitrogen and oxygen atoms in total. The lowest BCUT2D eigenvalue weighted by Gasteiger charge is -2.16. The molecule has 1 amide bonds. The van der Waals surface area contributed by atoms with Crippen molar-refractivity contribution in [2.75, 3.05) is 6.61 Å². The van der Waals surface area contributed by atoms with Gasteiger partial charge in [-0.05, 0) is 62.6 Å². The minimum Gasteiger partial charge on any atom is -0.489 e. The minimum absolute atomic E-state index is 0.232. The lowest BCUT2D eigenvalue weighted by atomic mass is 9.93. The van der Waals surface area contributed by atoms with Crippen LogP contribution < -0.4 is 10.2 Å². The third kappa shape index (κ3) is 4.79. The highest BCUT2D eigenvalue weighted by Gasteiger charge is 2.64. The molecule has 172 valence electrons. The largest absolute Gasteiger partial charge is 0.489 e. The van der Waals surface area contributed by atoms with Crippen molar-refractivity contribution in [3.63, 3.8) is 0 Å². The predicted molar refractivity (Wildman–Crippen MR) is 123 cm³/mol. The van der Waals surface area contributed by atoms with Crippen LogP contribution in [0.5, 0.6) is 5.75 Å². The highest BCUT2D eigenvalue weighted by molar-refractivity contribution is 6.31. The second-order valence-corrected chi connectivity index (χ2v) is 8.74. The van der Waals surface area contributed by atoms with E-state index < -0.39 is 23.2 Å². The third-order valence-electron chi connectivity index (χ3n) is 6.01. The zero-order valence-corrected chi connectivity index (χ0v) is 19.2. The van der Waals surface area contributed by atoms with Crippen LogP contribution in [0.2, 0.25) is 5.02 Å². The summed E-state index contributed by atoms with van der Waals surface area (Å²) in [5.74, 6) is -0.904. The number of pyridine rings is 1. The zero-order valence-electron chi connectivity index (χ0n) is 18.4. The summed E-state index contributed by atoms with van der Waals surface area (Å²) in [6, 6.07) is 15.0. The highest BCUT2D eigenvalue weighted by atomic mass is 35.5. The Labute approximate surface area is 196 Å². The second-order valence-electron chi connectivity index (χ2n) is 8.30. The number of aryl methyl sites for hydroxylation is 1. The van der Waals surface area contributed by atoms with E-state index in [0.717, 1.165) is 27.7 Å². The van der Waals surface area contributed by atoms with Gasteiger partial charge in [-0.1, -0.05) is 29.8 Å². The Kier molecular flexibility index (Phi) is 6.54. The SMILES string of the molecule is CCOC(=O)C1(Cc2ccc(OCc3cc(C)nc4cc(Cl)ccc34)cc2)CC1C(=O)NO. The average molecular weight is 469 g/mol. The molecule has 8 heteroatoms. The van der Waals surface area contributed by atoms with E-state index in [0.29, 0.717) is 30.2 Å². The molecule has 1 aliphatic carbocycles. The molecule has 0 bridgehead atoms. The molecule has 0 radical (unpaired) electrons. The first-order valence-corrected chi connectivity index (χ1v) is 11.1. The number of benzene rings is 2. The summed E-state index contributed by atoms with van der Waals surface area (Å²) in [5.41, 5.74) is 4.30. The molecule has 0 saturated heterocycles. The van der Waals surface area contributed by atoms with Gasteiger partial charge in [0.15, 0.2) is 0 Å². The molecule has 33 heavy (non-hydrogen) atoms. The van der Waals surface area contributed by atoms with Crippen LogP contribution in [0.25, 0.3) is 10.9 Å². The molecule has 2 N–H and O–H groups in total. The summed E-state index contributed by atoms with van der Waals surface area (Å²) in [6.45, 7) is 4.26. The summed E-state index contributed by atoms with van der Waals surface area (Å²) in [4.78, 5) is 29.0. The Morgan fingerprint density at radius 3 is 2.67 bits per heavy atom. The number of hydrogen-bond acceptors (Lipinski definition) is 6. The Morgan fingerprint density at radius 1 is 1.21 bits per heavy atom. The first-order valence-electron chi connectivity index (χ1n) is 10.7. The molecular formula is C25H25ClN2O5. The number of amides is 1. The number of nitrogens with zero attached hydrogens (tertiary/aromatic N) is 1. The fourth-order valence-corrected chi connectivity index (χ4v) is 4.43. The Morgan fingerprint density at radius 2 is 1.97 bits per heavy atom. The molecule has 2 aromatic carbocycles. The van der Waals surface area contributed by atoms with Crippen molar-refractivity contribution in [2.45, 2.75) is 33.3 Å². The molecule has 1 aliphatic rings. The molecule has 0 aliphatic heterocycles. The summed E-state index contributed by atoms with van der Waals surface area (Å²) in [7, 11) is 0. The van der Waals surface area contributed by atoms with Gasteiger partial charge >= 0.3 is 5.97 Å². The molecule has 1 saturated carbocycles. The van der Waals surface area contributed by atoms with Crippen molar-refractivity contribution in [1.82, 2.24) is 10.5 Å². The van der Waals surface area contributed by atoms with Crippen molar-refractivity contribution in [3.8, 4) is 5.75 Å². The molecule has 2 atom stereocenters. The van der Waals surface area contributed by atoms with Gasteiger partial charge in [-0.2, -0.15) is 0 Å². The lowest BCUT2D eigenvalue weighted by Crippen LogP contribution is -2.30. The van der Waals surface area contributed by atoms with E-state index in [4.69, 9.17) is 26.3 Å². The van der Waals surface area contributed by atoms with Crippen LogP contribution in [0.15, 0.2) is 48.5 Å². The summed E-state index contributed by atoms with van der Waals surface area (Å²) in [5, 5.41) is 10.6. The number of nitrogens with one attached hydrogen (secondary N) is 1. The average Bonchev–Trinajstić information content (AvgIpc) is 3.53. The number of esters is 1.